The number of ether oxygens (including phenoxy) is 1. The van der Waals surface area contributed by atoms with Crippen LogP contribution in [0.25, 0.3) is 0 Å². The number of methoxy groups -OCH3 is 1. The third kappa shape index (κ3) is 2.90. The fourth-order valence-electron chi connectivity index (χ4n) is 1.55. The van der Waals surface area contributed by atoms with E-state index in [4.69, 9.17) is 0 Å². The minimum Gasteiger partial charge on any atom is -0.465 e. The molecule has 1 aromatic rings. The van der Waals surface area contributed by atoms with Crippen molar-refractivity contribution in [2.45, 2.75) is 24.0 Å². The standard InChI is InChI=1S/C11H15NO4S2/c1-7-5-9(10(13)16-2)17-11(7)18(14,15)12-6-8-3-4-8/h5,8,12H,3-4,6H2,1-2H3. The second kappa shape index (κ2) is 4.99. The smallest absolute Gasteiger partial charge is 0.348 e. The van der Waals surface area contributed by atoms with Crippen LogP contribution in [0.15, 0.2) is 10.3 Å². The van der Waals surface area contributed by atoms with Crippen LogP contribution < -0.4 is 4.72 Å². The van der Waals surface area contributed by atoms with Gasteiger partial charge in [0.25, 0.3) is 0 Å². The zero-order valence-corrected chi connectivity index (χ0v) is 11.9. The molecule has 0 saturated heterocycles. The van der Waals surface area contributed by atoms with Gasteiger partial charge < -0.3 is 4.74 Å². The lowest BCUT2D eigenvalue weighted by Gasteiger charge is -2.04. The van der Waals surface area contributed by atoms with Crippen LogP contribution in [-0.4, -0.2) is 28.0 Å². The van der Waals surface area contributed by atoms with Crippen molar-refractivity contribution >= 4 is 27.3 Å². The molecule has 1 heterocycles. The predicted molar refractivity (Wildman–Crippen MR) is 68.3 cm³/mol. The number of sulfonamides is 1. The van der Waals surface area contributed by atoms with Crippen molar-refractivity contribution in [1.29, 1.82) is 0 Å². The van der Waals surface area contributed by atoms with E-state index >= 15 is 0 Å². The summed E-state index contributed by atoms with van der Waals surface area (Å²) in [7, 11) is -2.23. The third-order valence-corrected chi connectivity index (χ3v) is 6.04. The number of hydrogen-bond donors (Lipinski definition) is 1. The number of esters is 1. The van der Waals surface area contributed by atoms with Crippen LogP contribution in [0.4, 0.5) is 0 Å². The zero-order chi connectivity index (χ0) is 13.3. The number of carbonyl (C=O) groups is 1. The number of rotatable bonds is 5. The fraction of sp³-hybridized carbons (Fsp3) is 0.545. The van der Waals surface area contributed by atoms with Crippen molar-refractivity contribution in [3.05, 3.63) is 16.5 Å². The van der Waals surface area contributed by atoms with Crippen LogP contribution in [0.1, 0.15) is 28.1 Å². The summed E-state index contributed by atoms with van der Waals surface area (Å²) < 4.78 is 31.5. The Kier molecular flexibility index (Phi) is 3.74. The van der Waals surface area contributed by atoms with E-state index < -0.39 is 16.0 Å². The van der Waals surface area contributed by atoms with Crippen LogP contribution in [0.5, 0.6) is 0 Å². The van der Waals surface area contributed by atoms with Crippen LogP contribution in [0.2, 0.25) is 0 Å². The molecule has 0 atom stereocenters. The molecule has 0 aliphatic heterocycles. The molecule has 0 unspecified atom stereocenters. The van der Waals surface area contributed by atoms with E-state index in [1.54, 1.807) is 13.0 Å². The van der Waals surface area contributed by atoms with E-state index in [2.05, 4.69) is 9.46 Å². The Morgan fingerprint density at radius 1 is 1.56 bits per heavy atom. The second-order valence-corrected chi connectivity index (χ2v) is 7.38. The van der Waals surface area contributed by atoms with Gasteiger partial charge in [0, 0.05) is 6.54 Å². The summed E-state index contributed by atoms with van der Waals surface area (Å²) in [5, 5.41) is 0. The van der Waals surface area contributed by atoms with Crippen LogP contribution >= 0.6 is 11.3 Å². The van der Waals surface area contributed by atoms with Gasteiger partial charge >= 0.3 is 5.97 Å². The molecular formula is C11H15NO4S2. The summed E-state index contributed by atoms with van der Waals surface area (Å²) in [5.41, 5.74) is 0.573. The first kappa shape index (κ1) is 13.5. The number of thiophene rings is 1. The summed E-state index contributed by atoms with van der Waals surface area (Å²) in [5.74, 6) is -0.0353. The van der Waals surface area contributed by atoms with Crippen LogP contribution in [-0.2, 0) is 14.8 Å². The molecule has 0 spiro atoms. The first-order valence-corrected chi connectivity index (χ1v) is 7.92. The maximum atomic E-state index is 12.1. The van der Waals surface area contributed by atoms with Gasteiger partial charge in [-0.3, -0.25) is 0 Å². The molecule has 0 aromatic carbocycles. The topological polar surface area (TPSA) is 72.5 Å². The minimum atomic E-state index is -3.51. The highest BCUT2D eigenvalue weighted by Crippen LogP contribution is 2.30. The molecule has 1 aromatic heterocycles. The van der Waals surface area contributed by atoms with Crippen molar-refractivity contribution in [2.75, 3.05) is 13.7 Å². The van der Waals surface area contributed by atoms with Crippen molar-refractivity contribution in [3.63, 3.8) is 0 Å². The Morgan fingerprint density at radius 3 is 2.78 bits per heavy atom. The largest absolute Gasteiger partial charge is 0.465 e. The van der Waals surface area contributed by atoms with E-state index in [-0.39, 0.29) is 4.21 Å². The Bertz CT molecular complexity index is 558. The highest BCUT2D eigenvalue weighted by molar-refractivity contribution is 7.91. The van der Waals surface area contributed by atoms with Gasteiger partial charge in [-0.1, -0.05) is 0 Å². The normalized spacial score (nSPS) is 15.7. The maximum absolute atomic E-state index is 12.1. The van der Waals surface area contributed by atoms with Gasteiger partial charge in [-0.05, 0) is 37.3 Å². The quantitative estimate of drug-likeness (QED) is 0.834. The first-order chi connectivity index (χ1) is 8.44. The molecule has 0 radical (unpaired) electrons. The number of nitrogens with one attached hydrogen (secondary N) is 1. The van der Waals surface area contributed by atoms with E-state index in [9.17, 15) is 13.2 Å². The third-order valence-electron chi connectivity index (χ3n) is 2.76. The lowest BCUT2D eigenvalue weighted by atomic mass is 10.3. The molecule has 1 aliphatic rings. The number of aryl methyl sites for hydroxylation is 1. The van der Waals surface area contributed by atoms with Crippen molar-refractivity contribution in [1.82, 2.24) is 4.72 Å². The lowest BCUT2D eigenvalue weighted by molar-refractivity contribution is 0.0606. The molecule has 5 nitrogen and oxygen atoms in total. The molecule has 1 aliphatic carbocycles. The monoisotopic (exact) mass is 289 g/mol. The Morgan fingerprint density at radius 2 is 2.22 bits per heavy atom. The number of carbonyl (C=O) groups excluding carboxylic acids is 1. The molecular weight excluding hydrogens is 274 g/mol. The lowest BCUT2D eigenvalue weighted by Crippen LogP contribution is -2.25. The van der Waals surface area contributed by atoms with Gasteiger partial charge in [-0.25, -0.2) is 17.9 Å². The molecule has 2 rings (SSSR count). The summed E-state index contributed by atoms with van der Waals surface area (Å²) >= 11 is 0.946. The molecule has 0 amide bonds. The average Bonchev–Trinajstić information content (AvgIpc) is 3.07. The van der Waals surface area contributed by atoms with Crippen molar-refractivity contribution in [2.24, 2.45) is 5.92 Å². The van der Waals surface area contributed by atoms with Crippen LogP contribution in [0, 0.1) is 12.8 Å². The highest BCUT2D eigenvalue weighted by Gasteiger charge is 2.27. The molecule has 18 heavy (non-hydrogen) atoms. The predicted octanol–water partition coefficient (Wildman–Crippen LogP) is 1.53. The number of hydrogen-bond acceptors (Lipinski definition) is 5. The van der Waals surface area contributed by atoms with Gasteiger partial charge in [-0.15, -0.1) is 11.3 Å². The van der Waals surface area contributed by atoms with Crippen LogP contribution in [0.3, 0.4) is 0 Å². The van der Waals surface area contributed by atoms with Gasteiger partial charge in [0.1, 0.15) is 9.09 Å². The Labute approximate surface area is 110 Å². The van der Waals surface area contributed by atoms with Crippen molar-refractivity contribution in [3.8, 4) is 0 Å². The van der Waals surface area contributed by atoms with E-state index in [0.717, 1.165) is 24.2 Å². The molecule has 1 fully saturated rings. The molecule has 100 valence electrons. The molecule has 1 saturated carbocycles. The van der Waals surface area contributed by atoms with Gasteiger partial charge in [0.15, 0.2) is 0 Å². The highest BCUT2D eigenvalue weighted by atomic mass is 32.2. The summed E-state index contributed by atoms with van der Waals surface area (Å²) in [6.07, 6.45) is 2.17. The average molecular weight is 289 g/mol. The maximum Gasteiger partial charge on any atom is 0.348 e. The van der Waals surface area contributed by atoms with E-state index in [1.807, 2.05) is 0 Å². The zero-order valence-electron chi connectivity index (χ0n) is 10.2. The van der Waals surface area contributed by atoms with Gasteiger partial charge in [0.05, 0.1) is 7.11 Å². The van der Waals surface area contributed by atoms with Crippen molar-refractivity contribution < 1.29 is 17.9 Å². The summed E-state index contributed by atoms with van der Waals surface area (Å²) in [4.78, 5) is 11.7. The minimum absolute atomic E-state index is 0.198. The molecule has 7 heteroatoms. The fourth-order valence-corrected chi connectivity index (χ4v) is 4.32. The van der Waals surface area contributed by atoms with E-state index in [1.165, 1.54) is 7.11 Å². The van der Waals surface area contributed by atoms with E-state index in [0.29, 0.717) is 22.9 Å². The second-order valence-electron chi connectivity index (χ2n) is 4.37. The SMILES string of the molecule is COC(=O)c1cc(C)c(S(=O)(=O)NCC2CC2)s1. The molecule has 1 N–H and O–H groups in total. The first-order valence-electron chi connectivity index (χ1n) is 5.62. The Hall–Kier alpha value is -0.920. The van der Waals surface area contributed by atoms with Gasteiger partial charge in [0.2, 0.25) is 10.0 Å². The molecule has 0 bridgehead atoms. The van der Waals surface area contributed by atoms with Gasteiger partial charge in [-0.2, -0.15) is 0 Å². The Balaban J connectivity index is 2.20. The summed E-state index contributed by atoms with van der Waals surface area (Å²) in [6.45, 7) is 2.15. The summed E-state index contributed by atoms with van der Waals surface area (Å²) in [6, 6.07) is 1.54.